The van der Waals surface area contributed by atoms with E-state index >= 15 is 0 Å². The topological polar surface area (TPSA) is 120 Å². The molecule has 0 heterocycles. The third-order valence-corrected chi connectivity index (χ3v) is 5.13. The van der Waals surface area contributed by atoms with Gasteiger partial charge in [0.2, 0.25) is 5.91 Å². The zero-order valence-electron chi connectivity index (χ0n) is 19.1. The number of hydrogen-bond donors (Lipinski definition) is 4. The minimum Gasteiger partial charge on any atom is -0.384 e. The molecule has 7 nitrogen and oxygen atoms in total. The van der Waals surface area contributed by atoms with Crippen LogP contribution in [0.5, 0.6) is 0 Å². The van der Waals surface area contributed by atoms with Gasteiger partial charge in [0.05, 0.1) is 0 Å². The fraction of sp³-hybridized carbons (Fsp3) is 0.111. The van der Waals surface area contributed by atoms with Crippen LogP contribution in [-0.2, 0) is 4.79 Å². The number of nitrogens with zero attached hydrogens (tertiary/aromatic N) is 1. The van der Waals surface area contributed by atoms with E-state index in [-0.39, 0.29) is 11.8 Å². The van der Waals surface area contributed by atoms with Crippen LogP contribution < -0.4 is 16.4 Å². The Morgan fingerprint density at radius 1 is 0.853 bits per heavy atom. The van der Waals surface area contributed by atoms with Gasteiger partial charge >= 0.3 is 0 Å². The maximum absolute atomic E-state index is 12.5. The number of benzene rings is 3. The van der Waals surface area contributed by atoms with Crippen LogP contribution in [0.1, 0.15) is 40.4 Å². The zero-order valence-corrected chi connectivity index (χ0v) is 19.1. The van der Waals surface area contributed by atoms with Crippen molar-refractivity contribution in [3.63, 3.8) is 0 Å². The van der Waals surface area contributed by atoms with Crippen LogP contribution in [0, 0.1) is 5.41 Å². The maximum atomic E-state index is 12.5. The zero-order chi connectivity index (χ0) is 24.5. The van der Waals surface area contributed by atoms with E-state index in [0.29, 0.717) is 34.9 Å². The van der Waals surface area contributed by atoms with Crippen molar-refractivity contribution in [2.45, 2.75) is 13.3 Å². The number of aliphatic imine (C=N–C) groups is 1. The minimum absolute atomic E-state index is 0.238. The second-order valence-electron chi connectivity index (χ2n) is 7.49. The lowest BCUT2D eigenvalue weighted by Crippen LogP contribution is -2.14. The van der Waals surface area contributed by atoms with Gasteiger partial charge in [-0.2, -0.15) is 0 Å². The summed E-state index contributed by atoms with van der Waals surface area (Å²) in [5.41, 5.74) is 10.6. The molecule has 0 fully saturated rings. The van der Waals surface area contributed by atoms with Gasteiger partial charge in [-0.15, -0.1) is 0 Å². The normalized spacial score (nSPS) is 11.3. The number of nitrogens with two attached hydrogens (primary N) is 1. The number of carbonyl (C=O) groups is 2. The summed E-state index contributed by atoms with van der Waals surface area (Å²) in [4.78, 5) is 28.6. The second-order valence-corrected chi connectivity index (χ2v) is 7.49. The number of amidine groups is 1. The second kappa shape index (κ2) is 11.4. The molecule has 0 saturated heterocycles. The van der Waals surface area contributed by atoms with Gasteiger partial charge in [-0.25, -0.2) is 0 Å². The minimum atomic E-state index is -0.266. The van der Waals surface area contributed by atoms with Crippen LogP contribution in [0.15, 0.2) is 83.9 Å². The SMILES string of the molecule is CCC(=N)c1ccc(NC(=O)/C=C/c2ccc(C(=O)Nc3ccc(C(N)=NC)cc3)cc2)cc1. The van der Waals surface area contributed by atoms with E-state index in [2.05, 4.69) is 15.6 Å². The van der Waals surface area contributed by atoms with E-state index in [1.54, 1.807) is 73.8 Å². The highest BCUT2D eigenvalue weighted by molar-refractivity contribution is 6.05. The number of rotatable bonds is 8. The fourth-order valence-corrected chi connectivity index (χ4v) is 3.12. The maximum Gasteiger partial charge on any atom is 0.255 e. The van der Waals surface area contributed by atoms with Gasteiger partial charge in [-0.1, -0.05) is 31.2 Å². The predicted molar refractivity (Wildman–Crippen MR) is 139 cm³/mol. The quantitative estimate of drug-likeness (QED) is 0.225. The lowest BCUT2D eigenvalue weighted by Gasteiger charge is -2.07. The number of carbonyl (C=O) groups excluding carboxylic acids is 2. The molecule has 0 aliphatic rings. The number of hydrogen-bond acceptors (Lipinski definition) is 4. The average Bonchev–Trinajstić information content (AvgIpc) is 2.87. The van der Waals surface area contributed by atoms with Crippen LogP contribution in [0.4, 0.5) is 11.4 Å². The summed E-state index contributed by atoms with van der Waals surface area (Å²) < 4.78 is 0. The van der Waals surface area contributed by atoms with Crippen LogP contribution in [0.2, 0.25) is 0 Å². The van der Waals surface area contributed by atoms with E-state index in [4.69, 9.17) is 11.1 Å². The molecule has 0 radical (unpaired) electrons. The molecule has 34 heavy (non-hydrogen) atoms. The van der Waals surface area contributed by atoms with E-state index < -0.39 is 0 Å². The molecule has 3 rings (SSSR count). The van der Waals surface area contributed by atoms with Gasteiger partial charge < -0.3 is 21.8 Å². The van der Waals surface area contributed by atoms with Crippen LogP contribution >= 0.6 is 0 Å². The molecule has 0 aromatic heterocycles. The number of anilines is 2. The van der Waals surface area contributed by atoms with Crippen molar-refractivity contribution in [1.29, 1.82) is 5.41 Å². The van der Waals surface area contributed by atoms with Gasteiger partial charge in [-0.05, 0) is 72.2 Å². The van der Waals surface area contributed by atoms with Crippen molar-refractivity contribution >= 4 is 40.8 Å². The molecular formula is C27H27N5O2. The first-order valence-corrected chi connectivity index (χ1v) is 10.8. The molecule has 0 atom stereocenters. The lowest BCUT2D eigenvalue weighted by atomic mass is 10.1. The van der Waals surface area contributed by atoms with Gasteiger partial charge in [0, 0.05) is 41.3 Å². The first-order valence-electron chi connectivity index (χ1n) is 10.8. The van der Waals surface area contributed by atoms with Crippen molar-refractivity contribution < 1.29 is 9.59 Å². The Morgan fingerprint density at radius 3 is 1.94 bits per heavy atom. The lowest BCUT2D eigenvalue weighted by molar-refractivity contribution is -0.111. The fourth-order valence-electron chi connectivity index (χ4n) is 3.12. The Hall–Kier alpha value is -4.52. The Kier molecular flexibility index (Phi) is 8.07. The molecule has 7 heteroatoms. The van der Waals surface area contributed by atoms with Gasteiger partial charge in [0.25, 0.3) is 5.91 Å². The summed E-state index contributed by atoms with van der Waals surface area (Å²) >= 11 is 0. The first-order chi connectivity index (χ1) is 16.4. The summed E-state index contributed by atoms with van der Waals surface area (Å²) in [6, 6.07) is 21.2. The molecular weight excluding hydrogens is 426 g/mol. The molecule has 3 aromatic carbocycles. The van der Waals surface area contributed by atoms with Gasteiger partial charge in [0.15, 0.2) is 0 Å². The molecule has 0 aliphatic heterocycles. The highest BCUT2D eigenvalue weighted by Crippen LogP contribution is 2.14. The molecule has 0 spiro atoms. The third-order valence-electron chi connectivity index (χ3n) is 5.13. The van der Waals surface area contributed by atoms with Crippen LogP contribution in [-0.4, -0.2) is 30.4 Å². The predicted octanol–water partition coefficient (Wildman–Crippen LogP) is 4.70. The van der Waals surface area contributed by atoms with Crippen molar-refractivity contribution in [2.24, 2.45) is 10.7 Å². The average molecular weight is 454 g/mol. The summed E-state index contributed by atoms with van der Waals surface area (Å²) in [5, 5.41) is 13.5. The van der Waals surface area contributed by atoms with Crippen molar-refractivity contribution in [1.82, 2.24) is 0 Å². The number of amides is 2. The van der Waals surface area contributed by atoms with Crippen molar-refractivity contribution in [2.75, 3.05) is 17.7 Å². The van der Waals surface area contributed by atoms with E-state index in [1.807, 2.05) is 19.1 Å². The summed E-state index contributed by atoms with van der Waals surface area (Å²) in [7, 11) is 1.62. The molecule has 0 aliphatic carbocycles. The molecule has 2 amide bonds. The Labute approximate surface area is 198 Å². The van der Waals surface area contributed by atoms with E-state index in [1.165, 1.54) is 6.08 Å². The molecule has 172 valence electrons. The van der Waals surface area contributed by atoms with Gasteiger partial charge in [0.1, 0.15) is 5.84 Å². The molecule has 0 saturated carbocycles. The summed E-state index contributed by atoms with van der Waals surface area (Å²) in [5.74, 6) is -0.0726. The van der Waals surface area contributed by atoms with Crippen molar-refractivity contribution in [3.05, 3.63) is 101 Å². The first kappa shape index (κ1) is 24.1. The van der Waals surface area contributed by atoms with Gasteiger partial charge in [-0.3, -0.25) is 14.6 Å². The van der Waals surface area contributed by atoms with Crippen molar-refractivity contribution in [3.8, 4) is 0 Å². The van der Waals surface area contributed by atoms with Crippen LogP contribution in [0.3, 0.4) is 0 Å². The monoisotopic (exact) mass is 453 g/mol. The summed E-state index contributed by atoms with van der Waals surface area (Å²) in [6.45, 7) is 1.93. The highest BCUT2D eigenvalue weighted by atomic mass is 16.2. The van der Waals surface area contributed by atoms with E-state index in [0.717, 1.165) is 16.7 Å². The van der Waals surface area contributed by atoms with Crippen LogP contribution in [0.25, 0.3) is 6.08 Å². The molecule has 0 bridgehead atoms. The Bertz CT molecular complexity index is 1230. The molecule has 5 N–H and O–H groups in total. The summed E-state index contributed by atoms with van der Waals surface area (Å²) in [6.07, 6.45) is 3.77. The third kappa shape index (κ3) is 6.49. The molecule has 3 aromatic rings. The molecule has 0 unspecified atom stereocenters. The standard InChI is InChI=1S/C27H27N5O2/c1-3-24(28)19-9-13-22(14-10-19)31-25(33)17-6-18-4-7-21(8-5-18)27(34)32-23-15-11-20(12-16-23)26(29)30-2/h4-17,28H,3H2,1-2H3,(H2,29,30)(H,31,33)(H,32,34)/b17-6+,28-24?. The smallest absolute Gasteiger partial charge is 0.255 e. The highest BCUT2D eigenvalue weighted by Gasteiger charge is 2.07. The largest absolute Gasteiger partial charge is 0.384 e. The van der Waals surface area contributed by atoms with E-state index in [9.17, 15) is 9.59 Å². The Balaban J connectivity index is 1.55. The Morgan fingerprint density at radius 2 is 1.38 bits per heavy atom. The number of nitrogens with one attached hydrogen (secondary N) is 3.